The molecule has 4 heteroatoms. The molecule has 2 N–H and O–H groups in total. The summed E-state index contributed by atoms with van der Waals surface area (Å²) >= 11 is 0. The van der Waals surface area contributed by atoms with Crippen molar-refractivity contribution in [2.75, 3.05) is 0 Å². The summed E-state index contributed by atoms with van der Waals surface area (Å²) in [5, 5.41) is 0. The van der Waals surface area contributed by atoms with E-state index in [1.807, 2.05) is 12.3 Å². The lowest BCUT2D eigenvalue weighted by Gasteiger charge is -2.13. The molecule has 3 nitrogen and oxygen atoms in total. The fourth-order valence-corrected chi connectivity index (χ4v) is 2.23. The highest BCUT2D eigenvalue weighted by Crippen LogP contribution is 2.11. The molecule has 0 saturated carbocycles. The smallest absolute Gasteiger partial charge is 0.126 e. The van der Waals surface area contributed by atoms with Crippen molar-refractivity contribution >= 4 is 0 Å². The zero-order valence-corrected chi connectivity index (χ0v) is 11.2. The number of hydrogen-bond acceptors (Lipinski definition) is 2. The summed E-state index contributed by atoms with van der Waals surface area (Å²) < 4.78 is 15.7. The Kier molecular flexibility index (Phi) is 4.68. The van der Waals surface area contributed by atoms with Crippen LogP contribution in [-0.4, -0.2) is 15.6 Å². The molecule has 102 valence electrons. The molecule has 0 amide bonds. The van der Waals surface area contributed by atoms with Gasteiger partial charge in [0.2, 0.25) is 0 Å². The molecule has 2 aromatic rings. The van der Waals surface area contributed by atoms with Gasteiger partial charge in [0.05, 0.1) is 0 Å². The summed E-state index contributed by atoms with van der Waals surface area (Å²) in [6, 6.07) is 6.67. The zero-order chi connectivity index (χ0) is 13.7. The number of benzene rings is 1. The summed E-state index contributed by atoms with van der Waals surface area (Å²) in [5.41, 5.74) is 6.78. The number of nitrogens with zero attached hydrogens (tertiary/aromatic N) is 2. The van der Waals surface area contributed by atoms with E-state index >= 15 is 0 Å². The summed E-state index contributed by atoms with van der Waals surface area (Å²) in [4.78, 5) is 4.33. The number of halogens is 1. The van der Waals surface area contributed by atoms with Crippen LogP contribution in [0, 0.1) is 5.82 Å². The van der Waals surface area contributed by atoms with Crippen LogP contribution in [0.2, 0.25) is 0 Å². The largest absolute Gasteiger partial charge is 0.335 e. The summed E-state index contributed by atoms with van der Waals surface area (Å²) in [6.07, 6.45) is 6.02. The van der Waals surface area contributed by atoms with E-state index in [1.165, 1.54) is 6.07 Å². The second-order valence-electron chi connectivity index (χ2n) is 4.80. The third-order valence-corrected chi connectivity index (χ3v) is 3.15. The molecule has 0 saturated heterocycles. The highest BCUT2D eigenvalue weighted by Gasteiger charge is 2.11. The lowest BCUT2D eigenvalue weighted by molar-refractivity contribution is 0.559. The lowest BCUT2D eigenvalue weighted by atomic mass is 10.0. The van der Waals surface area contributed by atoms with Crippen LogP contribution >= 0.6 is 0 Å². The molecule has 19 heavy (non-hydrogen) atoms. The molecule has 0 bridgehead atoms. The molecular formula is C15H20FN3. The first-order valence-electron chi connectivity index (χ1n) is 6.69. The van der Waals surface area contributed by atoms with Gasteiger partial charge in [-0.25, -0.2) is 9.37 Å². The van der Waals surface area contributed by atoms with Crippen molar-refractivity contribution in [3.8, 4) is 0 Å². The monoisotopic (exact) mass is 261 g/mol. The maximum atomic E-state index is 13.6. The minimum absolute atomic E-state index is 0.116. The molecule has 1 aromatic carbocycles. The molecule has 0 aliphatic carbocycles. The van der Waals surface area contributed by atoms with Gasteiger partial charge in [-0.2, -0.15) is 0 Å². The van der Waals surface area contributed by atoms with Crippen molar-refractivity contribution in [2.24, 2.45) is 5.73 Å². The molecular weight excluding hydrogens is 241 g/mol. The highest BCUT2D eigenvalue weighted by molar-refractivity contribution is 5.18. The van der Waals surface area contributed by atoms with Gasteiger partial charge in [0.1, 0.15) is 11.6 Å². The number of aromatic nitrogens is 2. The Morgan fingerprint density at radius 3 is 2.84 bits per heavy atom. The second-order valence-corrected chi connectivity index (χ2v) is 4.80. The fourth-order valence-electron chi connectivity index (χ4n) is 2.23. The van der Waals surface area contributed by atoms with Crippen LogP contribution in [0.3, 0.4) is 0 Å². The SMILES string of the molecule is CCCn1ccnc1CC(N)Cc1ccccc1F. The number of aryl methyl sites for hydroxylation is 1. The fraction of sp³-hybridized carbons (Fsp3) is 0.400. The predicted octanol–water partition coefficient (Wildman–Crippen LogP) is 2.54. The van der Waals surface area contributed by atoms with Gasteiger partial charge in [0.15, 0.2) is 0 Å². The van der Waals surface area contributed by atoms with Crippen molar-refractivity contribution in [1.82, 2.24) is 9.55 Å². The molecule has 0 radical (unpaired) electrons. The van der Waals surface area contributed by atoms with E-state index in [2.05, 4.69) is 16.5 Å². The zero-order valence-electron chi connectivity index (χ0n) is 11.2. The van der Waals surface area contributed by atoms with Gasteiger partial charge < -0.3 is 10.3 Å². The van der Waals surface area contributed by atoms with Gasteiger partial charge in [-0.15, -0.1) is 0 Å². The van der Waals surface area contributed by atoms with Gasteiger partial charge >= 0.3 is 0 Å². The van der Waals surface area contributed by atoms with Crippen LogP contribution in [0.4, 0.5) is 4.39 Å². The standard InChI is InChI=1S/C15H20FN3/c1-2-8-19-9-7-18-15(19)11-13(17)10-12-5-3-4-6-14(12)16/h3-7,9,13H,2,8,10-11,17H2,1H3. The van der Waals surface area contributed by atoms with Gasteiger partial charge in [-0.1, -0.05) is 25.1 Å². The van der Waals surface area contributed by atoms with E-state index < -0.39 is 0 Å². The van der Waals surface area contributed by atoms with Gasteiger partial charge in [-0.3, -0.25) is 0 Å². The normalized spacial score (nSPS) is 12.6. The van der Waals surface area contributed by atoms with E-state index in [0.29, 0.717) is 18.4 Å². The molecule has 0 aliphatic heterocycles. The molecule has 0 spiro atoms. The summed E-state index contributed by atoms with van der Waals surface area (Å²) in [6.45, 7) is 3.07. The lowest BCUT2D eigenvalue weighted by Crippen LogP contribution is -2.27. The van der Waals surface area contributed by atoms with Crippen molar-refractivity contribution in [3.05, 3.63) is 53.9 Å². The van der Waals surface area contributed by atoms with Crippen LogP contribution in [0.25, 0.3) is 0 Å². The van der Waals surface area contributed by atoms with Crippen LogP contribution in [-0.2, 0) is 19.4 Å². The Labute approximate surface area is 113 Å². The van der Waals surface area contributed by atoms with E-state index in [9.17, 15) is 4.39 Å². The first-order valence-corrected chi connectivity index (χ1v) is 6.69. The van der Waals surface area contributed by atoms with Gasteiger partial charge in [-0.05, 0) is 24.5 Å². The predicted molar refractivity (Wildman–Crippen MR) is 74.3 cm³/mol. The first kappa shape index (κ1) is 13.7. The Morgan fingerprint density at radius 1 is 1.32 bits per heavy atom. The minimum atomic E-state index is -0.185. The Morgan fingerprint density at radius 2 is 2.11 bits per heavy atom. The second kappa shape index (κ2) is 6.48. The maximum Gasteiger partial charge on any atom is 0.126 e. The van der Waals surface area contributed by atoms with Crippen LogP contribution in [0.15, 0.2) is 36.7 Å². The molecule has 2 rings (SSSR count). The van der Waals surface area contributed by atoms with Crippen molar-refractivity contribution in [3.63, 3.8) is 0 Å². The van der Waals surface area contributed by atoms with Gasteiger partial charge in [0, 0.05) is 31.4 Å². The van der Waals surface area contributed by atoms with Gasteiger partial charge in [0.25, 0.3) is 0 Å². The molecule has 1 unspecified atom stereocenters. The van der Waals surface area contributed by atoms with Crippen molar-refractivity contribution in [2.45, 2.75) is 38.8 Å². The van der Waals surface area contributed by atoms with E-state index in [-0.39, 0.29) is 11.9 Å². The quantitative estimate of drug-likeness (QED) is 0.868. The number of rotatable bonds is 6. The first-order chi connectivity index (χ1) is 9.20. The Hall–Kier alpha value is -1.68. The van der Waals surface area contributed by atoms with E-state index in [1.54, 1.807) is 18.3 Å². The van der Waals surface area contributed by atoms with E-state index in [4.69, 9.17) is 5.73 Å². The molecule has 0 aliphatic rings. The Balaban J connectivity index is 1.99. The highest BCUT2D eigenvalue weighted by atomic mass is 19.1. The average Bonchev–Trinajstić information content (AvgIpc) is 2.80. The molecule has 1 heterocycles. The summed E-state index contributed by atoms with van der Waals surface area (Å²) in [7, 11) is 0. The molecule has 1 aromatic heterocycles. The average molecular weight is 261 g/mol. The number of hydrogen-bond donors (Lipinski definition) is 1. The minimum Gasteiger partial charge on any atom is -0.335 e. The maximum absolute atomic E-state index is 13.6. The molecule has 1 atom stereocenters. The van der Waals surface area contributed by atoms with Crippen LogP contribution < -0.4 is 5.73 Å². The number of imidazole rings is 1. The molecule has 0 fully saturated rings. The van der Waals surface area contributed by atoms with Crippen molar-refractivity contribution in [1.29, 1.82) is 0 Å². The number of nitrogens with two attached hydrogens (primary N) is 1. The Bertz CT molecular complexity index is 522. The summed E-state index contributed by atoms with van der Waals surface area (Å²) in [5.74, 6) is 0.792. The third-order valence-electron chi connectivity index (χ3n) is 3.15. The van der Waals surface area contributed by atoms with Crippen LogP contribution in [0.5, 0.6) is 0 Å². The van der Waals surface area contributed by atoms with E-state index in [0.717, 1.165) is 18.8 Å². The van der Waals surface area contributed by atoms with Crippen LogP contribution in [0.1, 0.15) is 24.7 Å². The van der Waals surface area contributed by atoms with Crippen molar-refractivity contribution < 1.29 is 4.39 Å². The third kappa shape index (κ3) is 3.64. The topological polar surface area (TPSA) is 43.8 Å².